The maximum Gasteiger partial charge on any atom is 0.305 e. The zero-order valence-electron chi connectivity index (χ0n) is 13.0. The fourth-order valence-electron chi connectivity index (χ4n) is 2.23. The number of carbonyl (C=O) groups is 2. The Bertz CT molecular complexity index is 857. The fourth-order valence-corrected chi connectivity index (χ4v) is 3.11. The van der Waals surface area contributed by atoms with Gasteiger partial charge in [-0.25, -0.2) is 4.98 Å². The number of fused-ring (bicyclic) bond motifs is 1. The number of nitrogens with one attached hydrogen (secondary N) is 2. The number of hydrogen-bond acceptors (Lipinski definition) is 5. The number of nitrogens with zero attached hydrogens (tertiary/aromatic N) is 2. The second kappa shape index (κ2) is 7.22. The van der Waals surface area contributed by atoms with Crippen molar-refractivity contribution in [3.8, 4) is 0 Å². The molecule has 0 aliphatic carbocycles. The van der Waals surface area contributed by atoms with Gasteiger partial charge in [-0.3, -0.25) is 20.4 Å². The average Bonchev–Trinajstić information content (AvgIpc) is 3.24. The molecular formula is C16H16N4O3S. The number of hydrazine groups is 1. The van der Waals surface area contributed by atoms with Crippen molar-refractivity contribution in [1.82, 2.24) is 20.4 Å². The molecule has 3 rings (SSSR count). The highest BCUT2D eigenvalue weighted by atomic mass is 32.2. The third-order valence-electron chi connectivity index (χ3n) is 3.33. The minimum atomic E-state index is -0.501. The van der Waals surface area contributed by atoms with Crippen molar-refractivity contribution in [2.24, 2.45) is 0 Å². The van der Waals surface area contributed by atoms with Crippen molar-refractivity contribution in [2.45, 2.75) is 18.6 Å². The van der Waals surface area contributed by atoms with E-state index >= 15 is 0 Å². The summed E-state index contributed by atoms with van der Waals surface area (Å²) in [5, 5.41) is 0.770. The van der Waals surface area contributed by atoms with Gasteiger partial charge in [-0.15, -0.1) is 0 Å². The number of carbonyl (C=O) groups excluding carboxylic acids is 2. The summed E-state index contributed by atoms with van der Waals surface area (Å²) in [6, 6.07) is 10.9. The maximum absolute atomic E-state index is 11.9. The molecule has 0 aliphatic rings. The van der Waals surface area contributed by atoms with Crippen LogP contribution in [0.25, 0.3) is 11.0 Å². The van der Waals surface area contributed by atoms with Gasteiger partial charge in [-0.05, 0) is 31.2 Å². The molecule has 0 spiro atoms. The van der Waals surface area contributed by atoms with Crippen molar-refractivity contribution in [2.75, 3.05) is 5.75 Å². The molecule has 0 atom stereocenters. The van der Waals surface area contributed by atoms with E-state index in [0.29, 0.717) is 0 Å². The predicted molar refractivity (Wildman–Crippen MR) is 90.4 cm³/mol. The van der Waals surface area contributed by atoms with Gasteiger partial charge < -0.3 is 8.98 Å². The molecule has 1 aromatic carbocycles. The molecule has 0 saturated carbocycles. The Hall–Kier alpha value is -2.74. The molecule has 0 aliphatic heterocycles. The molecule has 24 heavy (non-hydrogen) atoms. The van der Waals surface area contributed by atoms with E-state index in [1.807, 2.05) is 31.2 Å². The lowest BCUT2D eigenvalue weighted by Gasteiger charge is -2.07. The summed E-state index contributed by atoms with van der Waals surface area (Å²) < 4.78 is 6.99. The van der Waals surface area contributed by atoms with Crippen LogP contribution in [0, 0.1) is 0 Å². The van der Waals surface area contributed by atoms with E-state index in [4.69, 9.17) is 4.42 Å². The summed E-state index contributed by atoms with van der Waals surface area (Å²) >= 11 is 1.32. The Morgan fingerprint density at radius 1 is 1.21 bits per heavy atom. The third-order valence-corrected chi connectivity index (χ3v) is 4.30. The molecule has 8 heteroatoms. The number of imidazole rings is 1. The van der Waals surface area contributed by atoms with E-state index in [1.165, 1.54) is 24.1 Å². The molecule has 0 bridgehead atoms. The van der Waals surface area contributed by atoms with Crippen molar-refractivity contribution in [3.63, 3.8) is 0 Å². The van der Waals surface area contributed by atoms with Crippen molar-refractivity contribution in [3.05, 3.63) is 48.4 Å². The van der Waals surface area contributed by atoms with Crippen LogP contribution < -0.4 is 10.9 Å². The smallest absolute Gasteiger partial charge is 0.305 e. The Labute approximate surface area is 142 Å². The first-order chi connectivity index (χ1) is 11.7. The van der Waals surface area contributed by atoms with E-state index in [2.05, 4.69) is 20.4 Å². The first-order valence-corrected chi connectivity index (χ1v) is 8.38. The number of amides is 2. The summed E-state index contributed by atoms with van der Waals surface area (Å²) in [6.07, 6.45) is 1.39. The van der Waals surface area contributed by atoms with Crippen LogP contribution in [0.4, 0.5) is 0 Å². The van der Waals surface area contributed by atoms with Crippen LogP contribution in [0.5, 0.6) is 0 Å². The molecule has 3 aromatic rings. The predicted octanol–water partition coefficient (Wildman–Crippen LogP) is 2.20. The van der Waals surface area contributed by atoms with Gasteiger partial charge in [-0.2, -0.15) is 0 Å². The number of aromatic nitrogens is 2. The monoisotopic (exact) mass is 344 g/mol. The first-order valence-electron chi connectivity index (χ1n) is 7.39. The van der Waals surface area contributed by atoms with Crippen molar-refractivity contribution in [1.29, 1.82) is 0 Å². The topological polar surface area (TPSA) is 89.2 Å². The van der Waals surface area contributed by atoms with Gasteiger partial charge in [0.25, 0.3) is 0 Å². The zero-order valence-corrected chi connectivity index (χ0v) is 13.8. The second-order valence-electron chi connectivity index (χ2n) is 4.90. The SMILES string of the molecule is CCn1c(SCC(=O)NNC(=O)c2ccco2)nc2ccccc21. The third kappa shape index (κ3) is 3.43. The van der Waals surface area contributed by atoms with Crippen LogP contribution in [-0.4, -0.2) is 27.1 Å². The van der Waals surface area contributed by atoms with Gasteiger partial charge in [0.15, 0.2) is 10.9 Å². The molecule has 2 N–H and O–H groups in total. The van der Waals surface area contributed by atoms with Crippen LogP contribution in [0.1, 0.15) is 17.5 Å². The number of aryl methyl sites for hydroxylation is 1. The Morgan fingerprint density at radius 3 is 2.79 bits per heavy atom. The molecule has 0 unspecified atom stereocenters. The molecule has 2 heterocycles. The molecule has 124 valence electrons. The number of hydrogen-bond donors (Lipinski definition) is 2. The number of rotatable bonds is 5. The summed E-state index contributed by atoms with van der Waals surface area (Å²) in [4.78, 5) is 28.1. The summed E-state index contributed by atoms with van der Waals surface area (Å²) in [6.45, 7) is 2.79. The molecule has 7 nitrogen and oxygen atoms in total. The molecule has 0 fully saturated rings. The van der Waals surface area contributed by atoms with Gasteiger partial charge >= 0.3 is 5.91 Å². The van der Waals surface area contributed by atoms with Crippen LogP contribution >= 0.6 is 11.8 Å². The first kappa shape index (κ1) is 16.1. The van der Waals surface area contributed by atoms with Crippen LogP contribution in [0.3, 0.4) is 0 Å². The van der Waals surface area contributed by atoms with Gasteiger partial charge in [-0.1, -0.05) is 23.9 Å². The Kier molecular flexibility index (Phi) is 4.85. The number of benzene rings is 1. The Morgan fingerprint density at radius 2 is 2.04 bits per heavy atom. The van der Waals surface area contributed by atoms with Crippen molar-refractivity contribution >= 4 is 34.6 Å². The van der Waals surface area contributed by atoms with E-state index in [9.17, 15) is 9.59 Å². The minimum absolute atomic E-state index is 0.135. The maximum atomic E-state index is 11.9. The van der Waals surface area contributed by atoms with Crippen LogP contribution in [-0.2, 0) is 11.3 Å². The largest absolute Gasteiger partial charge is 0.459 e. The lowest BCUT2D eigenvalue weighted by Crippen LogP contribution is -2.42. The van der Waals surface area contributed by atoms with E-state index in [-0.39, 0.29) is 17.4 Å². The van der Waals surface area contributed by atoms with Gasteiger partial charge in [0.2, 0.25) is 5.91 Å². The quantitative estimate of drug-likeness (QED) is 0.547. The van der Waals surface area contributed by atoms with Crippen LogP contribution in [0.15, 0.2) is 52.2 Å². The molecule has 2 aromatic heterocycles. The Balaban J connectivity index is 1.57. The van der Waals surface area contributed by atoms with Crippen molar-refractivity contribution < 1.29 is 14.0 Å². The average molecular weight is 344 g/mol. The van der Waals surface area contributed by atoms with E-state index < -0.39 is 5.91 Å². The zero-order chi connectivity index (χ0) is 16.9. The minimum Gasteiger partial charge on any atom is -0.459 e. The normalized spacial score (nSPS) is 10.7. The highest BCUT2D eigenvalue weighted by Gasteiger charge is 2.13. The second-order valence-corrected chi connectivity index (χ2v) is 5.84. The van der Waals surface area contributed by atoms with Crippen LogP contribution in [0.2, 0.25) is 0 Å². The van der Waals surface area contributed by atoms with E-state index in [0.717, 1.165) is 22.7 Å². The molecule has 0 radical (unpaired) electrons. The summed E-state index contributed by atoms with van der Waals surface area (Å²) in [7, 11) is 0. The standard InChI is InChI=1S/C16H16N4O3S/c1-2-20-12-7-4-3-6-11(12)17-16(20)24-10-14(21)18-19-15(22)13-8-5-9-23-13/h3-9H,2,10H2,1H3,(H,18,21)(H,19,22). The molecule has 2 amide bonds. The summed E-state index contributed by atoms with van der Waals surface area (Å²) in [5.74, 6) is -0.550. The van der Waals surface area contributed by atoms with E-state index in [1.54, 1.807) is 6.07 Å². The highest BCUT2D eigenvalue weighted by molar-refractivity contribution is 7.99. The fraction of sp³-hybridized carbons (Fsp3) is 0.188. The lowest BCUT2D eigenvalue weighted by atomic mass is 10.3. The summed E-state index contributed by atoms with van der Waals surface area (Å²) in [5.41, 5.74) is 6.59. The molecular weight excluding hydrogens is 328 g/mol. The number of thioether (sulfide) groups is 1. The van der Waals surface area contributed by atoms with Gasteiger partial charge in [0.1, 0.15) is 0 Å². The highest BCUT2D eigenvalue weighted by Crippen LogP contribution is 2.23. The molecule has 0 saturated heterocycles. The number of para-hydroxylation sites is 2. The number of furan rings is 1. The van der Waals surface area contributed by atoms with Gasteiger partial charge in [0.05, 0.1) is 23.0 Å². The van der Waals surface area contributed by atoms with Gasteiger partial charge in [0, 0.05) is 6.54 Å². The lowest BCUT2D eigenvalue weighted by molar-refractivity contribution is -0.119.